The van der Waals surface area contributed by atoms with Gasteiger partial charge in [0.2, 0.25) is 0 Å². The van der Waals surface area contributed by atoms with Crippen LogP contribution in [0.1, 0.15) is 37.6 Å². The highest BCUT2D eigenvalue weighted by Crippen LogP contribution is 2.13. The molecule has 0 bridgehead atoms. The van der Waals surface area contributed by atoms with Crippen LogP contribution in [-0.2, 0) is 4.74 Å². The summed E-state index contributed by atoms with van der Waals surface area (Å²) in [4.78, 5) is 28.2. The molecule has 0 unspecified atom stereocenters. The van der Waals surface area contributed by atoms with E-state index in [1.807, 2.05) is 4.90 Å². The largest absolute Gasteiger partial charge is 0.462 e. The van der Waals surface area contributed by atoms with Gasteiger partial charge in [-0.3, -0.25) is 4.90 Å². The Hall–Kier alpha value is -2.08. The minimum atomic E-state index is -0.349. The van der Waals surface area contributed by atoms with Gasteiger partial charge in [-0.25, -0.2) is 9.59 Å². The summed E-state index contributed by atoms with van der Waals surface area (Å²) in [7, 11) is 0. The topological polar surface area (TPSA) is 61.9 Å². The average molecular weight is 347 g/mol. The van der Waals surface area contributed by atoms with Crippen molar-refractivity contribution < 1.29 is 14.3 Å². The molecule has 2 rings (SSSR count). The van der Waals surface area contributed by atoms with Crippen molar-refractivity contribution in [2.24, 2.45) is 5.92 Å². The maximum absolute atomic E-state index is 12.4. The molecule has 0 aromatic heterocycles. The molecule has 25 heavy (non-hydrogen) atoms. The second-order valence-corrected chi connectivity index (χ2v) is 6.74. The lowest BCUT2D eigenvalue weighted by molar-refractivity contribution is 0.0526. The molecule has 1 aliphatic rings. The summed E-state index contributed by atoms with van der Waals surface area (Å²) in [6, 6.07) is 6.69. The van der Waals surface area contributed by atoms with Crippen LogP contribution < -0.4 is 5.32 Å². The molecule has 1 aromatic rings. The van der Waals surface area contributed by atoms with Gasteiger partial charge in [-0.05, 0) is 50.1 Å². The highest BCUT2D eigenvalue weighted by Gasteiger charge is 2.21. The molecule has 0 radical (unpaired) electrons. The molecule has 1 N–H and O–H groups in total. The lowest BCUT2D eigenvalue weighted by Gasteiger charge is -2.35. The van der Waals surface area contributed by atoms with Gasteiger partial charge in [0, 0.05) is 31.9 Å². The fourth-order valence-electron chi connectivity index (χ4n) is 2.72. The van der Waals surface area contributed by atoms with Gasteiger partial charge in [0.25, 0.3) is 0 Å². The first-order valence-corrected chi connectivity index (χ1v) is 9.05. The molecule has 1 heterocycles. The zero-order chi connectivity index (χ0) is 18.2. The van der Waals surface area contributed by atoms with E-state index in [1.54, 1.807) is 31.2 Å². The van der Waals surface area contributed by atoms with Gasteiger partial charge in [0.05, 0.1) is 12.2 Å². The molecule has 0 atom stereocenters. The smallest absolute Gasteiger partial charge is 0.338 e. The fourth-order valence-corrected chi connectivity index (χ4v) is 2.72. The van der Waals surface area contributed by atoms with Gasteiger partial charge < -0.3 is 15.0 Å². The first-order chi connectivity index (χ1) is 12.0. The van der Waals surface area contributed by atoms with E-state index in [9.17, 15) is 9.59 Å². The molecule has 6 nitrogen and oxygen atoms in total. The molecule has 2 amide bonds. The number of esters is 1. The normalized spacial score (nSPS) is 15.3. The molecule has 1 aromatic carbocycles. The lowest BCUT2D eigenvalue weighted by Crippen LogP contribution is -2.50. The number of hydrogen-bond acceptors (Lipinski definition) is 4. The Balaban J connectivity index is 1.79. The Bertz CT molecular complexity index is 564. The first-order valence-electron chi connectivity index (χ1n) is 9.05. The predicted octanol–water partition coefficient (Wildman–Crippen LogP) is 3.06. The Kier molecular flexibility index (Phi) is 7.25. The minimum absolute atomic E-state index is 0.0904. The third-order valence-corrected chi connectivity index (χ3v) is 4.33. The molecule has 0 saturated carbocycles. The molecule has 1 aliphatic heterocycles. The zero-order valence-corrected chi connectivity index (χ0v) is 15.5. The molecule has 138 valence electrons. The van der Waals surface area contributed by atoms with Crippen molar-refractivity contribution in [1.29, 1.82) is 0 Å². The summed E-state index contributed by atoms with van der Waals surface area (Å²) in [5.74, 6) is 0.358. The number of piperazine rings is 1. The maximum atomic E-state index is 12.4. The van der Waals surface area contributed by atoms with Crippen LogP contribution >= 0.6 is 0 Å². The second-order valence-electron chi connectivity index (χ2n) is 6.74. The molecular weight excluding hydrogens is 318 g/mol. The fraction of sp³-hybridized carbons (Fsp3) is 0.579. The van der Waals surface area contributed by atoms with E-state index < -0.39 is 0 Å². The van der Waals surface area contributed by atoms with Gasteiger partial charge in [0.15, 0.2) is 0 Å². The highest BCUT2D eigenvalue weighted by molar-refractivity contribution is 5.92. The second kappa shape index (κ2) is 9.42. The summed E-state index contributed by atoms with van der Waals surface area (Å²) < 4.78 is 4.95. The SMILES string of the molecule is CCOC(=O)c1ccc(NC(=O)N2CCN(CCC(C)C)CC2)cc1. The molecule has 1 saturated heterocycles. The van der Waals surface area contributed by atoms with Crippen LogP contribution in [0.4, 0.5) is 10.5 Å². The number of hydrogen-bond donors (Lipinski definition) is 1. The summed E-state index contributed by atoms with van der Waals surface area (Å²) in [5, 5.41) is 2.89. The summed E-state index contributed by atoms with van der Waals surface area (Å²) in [5.41, 5.74) is 1.17. The first kappa shape index (κ1) is 19.2. The molecule has 6 heteroatoms. The van der Waals surface area contributed by atoms with E-state index in [1.165, 1.54) is 6.42 Å². The number of ether oxygens (including phenoxy) is 1. The van der Waals surface area contributed by atoms with E-state index >= 15 is 0 Å². The molecular formula is C19H29N3O3. The van der Waals surface area contributed by atoms with Gasteiger partial charge in [-0.2, -0.15) is 0 Å². The quantitative estimate of drug-likeness (QED) is 0.804. The van der Waals surface area contributed by atoms with Gasteiger partial charge >= 0.3 is 12.0 Å². The number of nitrogens with one attached hydrogen (secondary N) is 1. The molecule has 1 fully saturated rings. The van der Waals surface area contributed by atoms with Crippen molar-refractivity contribution >= 4 is 17.7 Å². The van der Waals surface area contributed by atoms with Crippen LogP contribution in [0.2, 0.25) is 0 Å². The van der Waals surface area contributed by atoms with Crippen LogP contribution in [0.5, 0.6) is 0 Å². The molecule has 0 spiro atoms. The van der Waals surface area contributed by atoms with E-state index in [-0.39, 0.29) is 12.0 Å². The summed E-state index contributed by atoms with van der Waals surface area (Å²) in [6.07, 6.45) is 1.19. The van der Waals surface area contributed by atoms with Crippen LogP contribution in [0.3, 0.4) is 0 Å². The van der Waals surface area contributed by atoms with Crippen molar-refractivity contribution in [1.82, 2.24) is 9.80 Å². The zero-order valence-electron chi connectivity index (χ0n) is 15.5. The van der Waals surface area contributed by atoms with Crippen molar-refractivity contribution in [3.63, 3.8) is 0 Å². The number of carbonyl (C=O) groups excluding carboxylic acids is 2. The number of anilines is 1. The Morgan fingerprint density at radius 2 is 1.76 bits per heavy atom. The van der Waals surface area contributed by atoms with E-state index in [2.05, 4.69) is 24.1 Å². The van der Waals surface area contributed by atoms with E-state index in [4.69, 9.17) is 4.74 Å². The number of benzene rings is 1. The maximum Gasteiger partial charge on any atom is 0.338 e. The van der Waals surface area contributed by atoms with Gasteiger partial charge in [-0.15, -0.1) is 0 Å². The van der Waals surface area contributed by atoms with E-state index in [0.29, 0.717) is 23.8 Å². The van der Waals surface area contributed by atoms with Crippen LogP contribution in [-0.4, -0.2) is 61.1 Å². The number of amides is 2. The van der Waals surface area contributed by atoms with Crippen molar-refractivity contribution in [2.45, 2.75) is 27.2 Å². The predicted molar refractivity (Wildman–Crippen MR) is 98.9 cm³/mol. The number of carbonyl (C=O) groups is 2. The Morgan fingerprint density at radius 1 is 1.12 bits per heavy atom. The van der Waals surface area contributed by atoms with Gasteiger partial charge in [-0.1, -0.05) is 13.8 Å². The summed E-state index contributed by atoms with van der Waals surface area (Å²) in [6.45, 7) is 11.0. The number of urea groups is 1. The number of rotatable bonds is 6. The Labute approximate surface area is 150 Å². The number of nitrogens with zero attached hydrogens (tertiary/aromatic N) is 2. The standard InChI is InChI=1S/C19H29N3O3/c1-4-25-18(23)16-5-7-17(8-6-16)20-19(24)22-13-11-21(12-14-22)10-9-15(2)3/h5-8,15H,4,9-14H2,1-3H3,(H,20,24). The Morgan fingerprint density at radius 3 is 2.32 bits per heavy atom. The summed E-state index contributed by atoms with van der Waals surface area (Å²) >= 11 is 0. The van der Waals surface area contributed by atoms with Crippen LogP contribution in [0.15, 0.2) is 24.3 Å². The van der Waals surface area contributed by atoms with Crippen molar-refractivity contribution in [3.8, 4) is 0 Å². The highest BCUT2D eigenvalue weighted by atomic mass is 16.5. The molecule has 0 aliphatic carbocycles. The van der Waals surface area contributed by atoms with Crippen molar-refractivity contribution in [3.05, 3.63) is 29.8 Å². The van der Waals surface area contributed by atoms with Crippen LogP contribution in [0.25, 0.3) is 0 Å². The average Bonchev–Trinajstić information content (AvgIpc) is 2.61. The monoisotopic (exact) mass is 347 g/mol. The third kappa shape index (κ3) is 6.05. The van der Waals surface area contributed by atoms with Crippen LogP contribution in [0, 0.1) is 5.92 Å². The van der Waals surface area contributed by atoms with Crippen molar-refractivity contribution in [2.75, 3.05) is 44.6 Å². The lowest BCUT2D eigenvalue weighted by atomic mass is 10.1. The van der Waals surface area contributed by atoms with Gasteiger partial charge in [0.1, 0.15) is 0 Å². The van der Waals surface area contributed by atoms with E-state index in [0.717, 1.165) is 32.7 Å². The minimum Gasteiger partial charge on any atom is -0.462 e. The third-order valence-electron chi connectivity index (χ3n) is 4.33.